The highest BCUT2D eigenvalue weighted by molar-refractivity contribution is 7.98. The van der Waals surface area contributed by atoms with Crippen LogP contribution in [-0.4, -0.2) is 49.4 Å². The number of carbonyl (C=O) groups excluding carboxylic acids is 1. The molecule has 0 bridgehead atoms. The Balaban J connectivity index is 1.36. The Morgan fingerprint density at radius 3 is 2.46 bits per heavy atom. The van der Waals surface area contributed by atoms with Crippen molar-refractivity contribution in [2.75, 3.05) is 38.6 Å². The van der Waals surface area contributed by atoms with Crippen LogP contribution in [-0.2, 0) is 17.0 Å². The van der Waals surface area contributed by atoms with Crippen molar-refractivity contribution in [2.45, 2.75) is 12.3 Å². The van der Waals surface area contributed by atoms with Gasteiger partial charge in [0, 0.05) is 43.2 Å². The highest BCUT2D eigenvalue weighted by Gasteiger charge is 2.11. The summed E-state index contributed by atoms with van der Waals surface area (Å²) in [6, 6.07) is 18.3. The van der Waals surface area contributed by atoms with Gasteiger partial charge in [0.2, 0.25) is 0 Å². The summed E-state index contributed by atoms with van der Waals surface area (Å²) in [5.41, 5.74) is 3.28. The van der Waals surface area contributed by atoms with Crippen LogP contribution in [0.2, 0.25) is 0 Å². The first-order chi connectivity index (χ1) is 12.8. The molecule has 1 saturated heterocycles. The van der Waals surface area contributed by atoms with Crippen molar-refractivity contribution in [1.29, 1.82) is 0 Å². The van der Waals surface area contributed by atoms with E-state index in [-0.39, 0.29) is 5.91 Å². The third kappa shape index (κ3) is 6.16. The minimum atomic E-state index is 0.00299. The van der Waals surface area contributed by atoms with Crippen LogP contribution in [0.3, 0.4) is 0 Å². The van der Waals surface area contributed by atoms with Gasteiger partial charge < -0.3 is 10.1 Å². The lowest BCUT2D eigenvalue weighted by atomic mass is 10.1. The predicted molar refractivity (Wildman–Crippen MR) is 107 cm³/mol. The molecule has 1 heterocycles. The Kier molecular flexibility index (Phi) is 7.55. The third-order valence-corrected chi connectivity index (χ3v) is 5.40. The van der Waals surface area contributed by atoms with E-state index in [4.69, 9.17) is 4.74 Å². The molecule has 2 aromatic carbocycles. The van der Waals surface area contributed by atoms with E-state index in [9.17, 15) is 4.79 Å². The summed E-state index contributed by atoms with van der Waals surface area (Å²) in [6.45, 7) is 5.17. The van der Waals surface area contributed by atoms with Crippen molar-refractivity contribution in [3.05, 3.63) is 71.3 Å². The summed E-state index contributed by atoms with van der Waals surface area (Å²) >= 11 is 1.83. The first-order valence-electron chi connectivity index (χ1n) is 9.10. The number of benzene rings is 2. The Morgan fingerprint density at radius 2 is 1.73 bits per heavy atom. The number of nitrogens with zero attached hydrogens (tertiary/aromatic N) is 1. The molecule has 0 aromatic heterocycles. The van der Waals surface area contributed by atoms with E-state index in [2.05, 4.69) is 46.6 Å². The smallest absolute Gasteiger partial charge is 0.251 e. The number of nitrogens with one attached hydrogen (secondary N) is 1. The Morgan fingerprint density at radius 1 is 1.00 bits per heavy atom. The molecule has 1 fully saturated rings. The third-order valence-electron chi connectivity index (χ3n) is 4.37. The van der Waals surface area contributed by atoms with Crippen LogP contribution in [0.25, 0.3) is 0 Å². The number of carbonyl (C=O) groups is 1. The lowest BCUT2D eigenvalue weighted by Crippen LogP contribution is -2.35. The molecule has 138 valence electrons. The van der Waals surface area contributed by atoms with Crippen LogP contribution in [0.5, 0.6) is 0 Å². The van der Waals surface area contributed by atoms with Crippen LogP contribution in [0, 0.1) is 0 Å². The molecule has 0 unspecified atom stereocenters. The van der Waals surface area contributed by atoms with Gasteiger partial charge in [-0.15, -0.1) is 0 Å². The monoisotopic (exact) mass is 370 g/mol. The number of thioether (sulfide) groups is 1. The second-order valence-corrected chi connectivity index (χ2v) is 7.48. The first-order valence-corrected chi connectivity index (χ1v) is 10.3. The molecular weight excluding hydrogens is 344 g/mol. The van der Waals surface area contributed by atoms with Crippen LogP contribution in [0.1, 0.15) is 21.5 Å². The van der Waals surface area contributed by atoms with Gasteiger partial charge in [0.15, 0.2) is 0 Å². The van der Waals surface area contributed by atoms with E-state index < -0.39 is 0 Å². The summed E-state index contributed by atoms with van der Waals surface area (Å²) in [5.74, 6) is 1.89. The van der Waals surface area contributed by atoms with Crippen molar-refractivity contribution in [1.82, 2.24) is 10.2 Å². The molecule has 5 heteroatoms. The minimum absolute atomic E-state index is 0.00299. The van der Waals surface area contributed by atoms with Gasteiger partial charge in [-0.05, 0) is 23.3 Å². The molecule has 0 saturated carbocycles. The Bertz CT molecular complexity index is 670. The molecule has 2 aromatic rings. The summed E-state index contributed by atoms with van der Waals surface area (Å²) in [7, 11) is 0. The number of amides is 1. The molecule has 4 nitrogen and oxygen atoms in total. The number of morpholine rings is 1. The zero-order chi connectivity index (χ0) is 18.0. The van der Waals surface area contributed by atoms with E-state index in [1.807, 2.05) is 30.0 Å². The number of hydrogen-bond acceptors (Lipinski definition) is 4. The SMILES string of the molecule is O=C(NCCSCc1ccccc1)c1ccc(CN2CCOCC2)cc1. The quantitative estimate of drug-likeness (QED) is 0.725. The van der Waals surface area contributed by atoms with E-state index in [1.165, 1.54) is 11.1 Å². The molecule has 3 rings (SSSR count). The molecule has 0 radical (unpaired) electrons. The van der Waals surface area contributed by atoms with Gasteiger partial charge in [0.05, 0.1) is 13.2 Å². The fraction of sp³-hybridized carbons (Fsp3) is 0.381. The fourth-order valence-corrected chi connectivity index (χ4v) is 3.70. The number of rotatable bonds is 8. The van der Waals surface area contributed by atoms with Crippen molar-refractivity contribution >= 4 is 17.7 Å². The molecule has 1 amide bonds. The van der Waals surface area contributed by atoms with E-state index in [0.717, 1.165) is 49.9 Å². The second-order valence-electron chi connectivity index (χ2n) is 6.38. The topological polar surface area (TPSA) is 41.6 Å². The molecular formula is C21H26N2O2S. The van der Waals surface area contributed by atoms with Gasteiger partial charge in [0.25, 0.3) is 5.91 Å². The molecule has 0 atom stereocenters. The lowest BCUT2D eigenvalue weighted by molar-refractivity contribution is 0.0342. The average molecular weight is 371 g/mol. The largest absolute Gasteiger partial charge is 0.379 e. The van der Waals surface area contributed by atoms with Gasteiger partial charge in [-0.3, -0.25) is 9.69 Å². The average Bonchev–Trinajstić information content (AvgIpc) is 2.70. The highest BCUT2D eigenvalue weighted by atomic mass is 32.2. The maximum absolute atomic E-state index is 12.2. The standard InChI is InChI=1S/C21H26N2O2S/c24-21(22-10-15-26-17-19-4-2-1-3-5-19)20-8-6-18(7-9-20)16-23-11-13-25-14-12-23/h1-9H,10-17H2,(H,22,24). The van der Waals surface area contributed by atoms with Crippen LogP contribution in [0.15, 0.2) is 54.6 Å². The van der Waals surface area contributed by atoms with E-state index in [0.29, 0.717) is 6.54 Å². The van der Waals surface area contributed by atoms with Crippen molar-refractivity contribution in [3.63, 3.8) is 0 Å². The van der Waals surface area contributed by atoms with E-state index >= 15 is 0 Å². The van der Waals surface area contributed by atoms with Gasteiger partial charge in [0.1, 0.15) is 0 Å². The van der Waals surface area contributed by atoms with Crippen molar-refractivity contribution < 1.29 is 9.53 Å². The van der Waals surface area contributed by atoms with Crippen LogP contribution < -0.4 is 5.32 Å². The number of hydrogen-bond donors (Lipinski definition) is 1. The molecule has 0 aliphatic carbocycles. The fourth-order valence-electron chi connectivity index (χ4n) is 2.88. The molecule has 0 spiro atoms. The maximum Gasteiger partial charge on any atom is 0.251 e. The zero-order valence-corrected chi connectivity index (χ0v) is 15.8. The van der Waals surface area contributed by atoms with Gasteiger partial charge in [-0.2, -0.15) is 11.8 Å². The summed E-state index contributed by atoms with van der Waals surface area (Å²) < 4.78 is 5.37. The van der Waals surface area contributed by atoms with E-state index in [1.54, 1.807) is 0 Å². The molecule has 26 heavy (non-hydrogen) atoms. The lowest BCUT2D eigenvalue weighted by Gasteiger charge is -2.26. The van der Waals surface area contributed by atoms with Gasteiger partial charge in [-0.25, -0.2) is 0 Å². The van der Waals surface area contributed by atoms with Crippen LogP contribution in [0.4, 0.5) is 0 Å². The predicted octanol–water partition coefficient (Wildman–Crippen LogP) is 3.18. The molecule has 1 N–H and O–H groups in total. The molecule has 1 aliphatic heterocycles. The van der Waals surface area contributed by atoms with Crippen molar-refractivity contribution in [3.8, 4) is 0 Å². The minimum Gasteiger partial charge on any atom is -0.379 e. The van der Waals surface area contributed by atoms with Crippen molar-refractivity contribution in [2.24, 2.45) is 0 Å². The Hall–Kier alpha value is -1.82. The number of ether oxygens (including phenoxy) is 1. The highest BCUT2D eigenvalue weighted by Crippen LogP contribution is 2.11. The summed E-state index contributed by atoms with van der Waals surface area (Å²) in [4.78, 5) is 14.6. The van der Waals surface area contributed by atoms with Gasteiger partial charge in [-0.1, -0.05) is 42.5 Å². The normalized spacial score (nSPS) is 14.9. The van der Waals surface area contributed by atoms with Crippen LogP contribution >= 0.6 is 11.8 Å². The summed E-state index contributed by atoms with van der Waals surface area (Å²) in [6.07, 6.45) is 0. The second kappa shape index (κ2) is 10.4. The first kappa shape index (κ1) is 19.0. The summed E-state index contributed by atoms with van der Waals surface area (Å²) in [5, 5.41) is 3.00. The Labute approximate surface area is 159 Å². The maximum atomic E-state index is 12.2. The van der Waals surface area contributed by atoms with Gasteiger partial charge >= 0.3 is 0 Å². The zero-order valence-electron chi connectivity index (χ0n) is 15.0. The molecule has 1 aliphatic rings.